The summed E-state index contributed by atoms with van der Waals surface area (Å²) in [6, 6.07) is 21.5. The van der Waals surface area contributed by atoms with Gasteiger partial charge in [0.25, 0.3) is 5.91 Å². The molecule has 0 aliphatic carbocycles. The first-order chi connectivity index (χ1) is 14.7. The summed E-state index contributed by atoms with van der Waals surface area (Å²) in [6.07, 6.45) is 1.48. The molecule has 152 valence electrons. The first-order valence-electron chi connectivity index (χ1n) is 9.33. The van der Waals surface area contributed by atoms with E-state index < -0.39 is 0 Å². The predicted octanol–water partition coefficient (Wildman–Crippen LogP) is 5.77. The summed E-state index contributed by atoms with van der Waals surface area (Å²) >= 11 is 2.82. The van der Waals surface area contributed by atoms with Crippen molar-refractivity contribution in [1.29, 1.82) is 0 Å². The van der Waals surface area contributed by atoms with E-state index in [0.29, 0.717) is 16.6 Å². The second kappa shape index (κ2) is 9.67. The minimum atomic E-state index is -0.279. The molecule has 2 aromatic carbocycles. The fourth-order valence-corrected chi connectivity index (χ4v) is 4.41. The van der Waals surface area contributed by atoms with Crippen molar-refractivity contribution in [3.8, 4) is 5.75 Å². The molecule has 0 bridgehead atoms. The Balaban J connectivity index is 1.51. The third-order valence-corrected chi connectivity index (χ3v) is 6.25. The average Bonchev–Trinajstić information content (AvgIpc) is 3.48. The third-order valence-electron chi connectivity index (χ3n) is 4.43. The lowest BCUT2D eigenvalue weighted by atomic mass is 10.1. The number of nitrogens with zero attached hydrogens (tertiary/aromatic N) is 1. The molecule has 5 nitrogen and oxygen atoms in total. The van der Waals surface area contributed by atoms with Crippen molar-refractivity contribution in [2.45, 2.75) is 12.7 Å². The molecule has 0 aliphatic heterocycles. The van der Waals surface area contributed by atoms with Gasteiger partial charge in [0, 0.05) is 6.20 Å². The number of aromatic nitrogens is 1. The highest BCUT2D eigenvalue weighted by Crippen LogP contribution is 2.33. The lowest BCUT2D eigenvalue weighted by molar-refractivity contribution is 0.0688. The highest BCUT2D eigenvalue weighted by molar-refractivity contribution is 7.16. The summed E-state index contributed by atoms with van der Waals surface area (Å²) in [5.41, 5.74) is 2.08. The van der Waals surface area contributed by atoms with E-state index in [9.17, 15) is 4.79 Å². The van der Waals surface area contributed by atoms with Gasteiger partial charge in [-0.05, 0) is 34.7 Å². The number of hydrogen-bond donors (Lipinski definition) is 1. The molecular formula is C23H20N2O3S2. The van der Waals surface area contributed by atoms with E-state index in [-0.39, 0.29) is 12.0 Å². The van der Waals surface area contributed by atoms with Crippen molar-refractivity contribution in [2.75, 3.05) is 12.4 Å². The second-order valence-electron chi connectivity index (χ2n) is 6.45. The molecule has 2 aromatic heterocycles. The monoisotopic (exact) mass is 436 g/mol. The molecule has 7 heteroatoms. The molecule has 4 aromatic rings. The van der Waals surface area contributed by atoms with Gasteiger partial charge in [-0.1, -0.05) is 59.9 Å². The number of thiophene rings is 1. The zero-order valence-electron chi connectivity index (χ0n) is 16.3. The van der Waals surface area contributed by atoms with Gasteiger partial charge in [0.1, 0.15) is 11.9 Å². The molecule has 2 heterocycles. The van der Waals surface area contributed by atoms with Gasteiger partial charge >= 0.3 is 0 Å². The van der Waals surface area contributed by atoms with Gasteiger partial charge in [-0.2, -0.15) is 0 Å². The Labute approximate surface area is 183 Å². The van der Waals surface area contributed by atoms with E-state index in [4.69, 9.17) is 9.47 Å². The van der Waals surface area contributed by atoms with Crippen LogP contribution < -0.4 is 10.1 Å². The molecule has 0 fully saturated rings. The maximum absolute atomic E-state index is 12.3. The molecule has 1 unspecified atom stereocenters. The van der Waals surface area contributed by atoms with Crippen LogP contribution in [0.25, 0.3) is 0 Å². The summed E-state index contributed by atoms with van der Waals surface area (Å²) in [6.45, 7) is 0.443. The lowest BCUT2D eigenvalue weighted by Crippen LogP contribution is -2.09. The molecule has 4 rings (SSSR count). The fraction of sp³-hybridized carbons (Fsp3) is 0.130. The number of benzene rings is 2. The average molecular weight is 437 g/mol. The number of thiazole rings is 1. The van der Waals surface area contributed by atoms with E-state index in [1.807, 2.05) is 66.0 Å². The zero-order valence-corrected chi connectivity index (χ0v) is 17.9. The molecule has 0 saturated carbocycles. The summed E-state index contributed by atoms with van der Waals surface area (Å²) < 4.78 is 11.5. The van der Waals surface area contributed by atoms with Crippen LogP contribution >= 0.6 is 22.7 Å². The Hall–Kier alpha value is -3.00. The van der Waals surface area contributed by atoms with E-state index in [1.165, 1.54) is 22.7 Å². The third kappa shape index (κ3) is 4.94. The summed E-state index contributed by atoms with van der Waals surface area (Å²) in [5, 5.41) is 5.30. The Morgan fingerprint density at radius 3 is 2.57 bits per heavy atom. The highest BCUT2D eigenvalue weighted by atomic mass is 32.1. The summed E-state index contributed by atoms with van der Waals surface area (Å²) in [4.78, 5) is 18.3. The van der Waals surface area contributed by atoms with Crippen molar-refractivity contribution in [2.24, 2.45) is 0 Å². The Kier molecular flexibility index (Phi) is 6.53. The first-order valence-corrected chi connectivity index (χ1v) is 11.0. The van der Waals surface area contributed by atoms with Crippen LogP contribution in [0.2, 0.25) is 0 Å². The predicted molar refractivity (Wildman–Crippen MR) is 120 cm³/mol. The molecule has 1 amide bonds. The number of amides is 1. The Bertz CT molecular complexity index is 1080. The van der Waals surface area contributed by atoms with Crippen molar-refractivity contribution in [3.05, 3.63) is 99.2 Å². The van der Waals surface area contributed by atoms with E-state index >= 15 is 0 Å². The maximum atomic E-state index is 12.3. The minimum Gasteiger partial charge on any atom is -0.497 e. The van der Waals surface area contributed by atoms with Crippen LogP contribution in [0.1, 0.15) is 31.8 Å². The number of hydrogen-bond acceptors (Lipinski definition) is 6. The van der Waals surface area contributed by atoms with Crippen LogP contribution in [0.4, 0.5) is 5.13 Å². The van der Waals surface area contributed by atoms with Gasteiger partial charge in [0.05, 0.1) is 23.5 Å². The maximum Gasteiger partial charge on any atom is 0.267 e. The SMILES string of the molecule is COc1ccc(COC(c2ccccc2)c2cnc(NC(=O)c3cccs3)s2)cc1. The summed E-state index contributed by atoms with van der Waals surface area (Å²) in [7, 11) is 1.65. The lowest BCUT2D eigenvalue weighted by Gasteiger charge is -2.17. The van der Waals surface area contributed by atoms with Crippen molar-refractivity contribution in [3.63, 3.8) is 0 Å². The first kappa shape index (κ1) is 20.3. The molecule has 0 spiro atoms. The van der Waals surface area contributed by atoms with Crippen LogP contribution in [0.15, 0.2) is 78.3 Å². The Morgan fingerprint density at radius 2 is 1.87 bits per heavy atom. The van der Waals surface area contributed by atoms with Crippen molar-refractivity contribution in [1.82, 2.24) is 4.98 Å². The largest absolute Gasteiger partial charge is 0.497 e. The normalized spacial score (nSPS) is 11.8. The number of anilines is 1. The van der Waals surface area contributed by atoms with Crippen molar-refractivity contribution >= 4 is 33.7 Å². The highest BCUT2D eigenvalue weighted by Gasteiger charge is 2.19. The van der Waals surface area contributed by atoms with Gasteiger partial charge in [-0.15, -0.1) is 11.3 Å². The van der Waals surface area contributed by atoms with Gasteiger partial charge in [0.15, 0.2) is 5.13 Å². The Morgan fingerprint density at radius 1 is 1.07 bits per heavy atom. The number of ether oxygens (including phenoxy) is 2. The summed E-state index contributed by atoms with van der Waals surface area (Å²) in [5.74, 6) is 0.660. The molecular weight excluding hydrogens is 416 g/mol. The van der Waals surface area contributed by atoms with E-state index in [1.54, 1.807) is 19.4 Å². The van der Waals surface area contributed by atoms with E-state index in [0.717, 1.165) is 21.8 Å². The van der Waals surface area contributed by atoms with Crippen molar-refractivity contribution < 1.29 is 14.3 Å². The smallest absolute Gasteiger partial charge is 0.267 e. The van der Waals surface area contributed by atoms with Gasteiger partial charge in [-0.25, -0.2) is 4.98 Å². The number of carbonyl (C=O) groups excluding carboxylic acids is 1. The second-order valence-corrected chi connectivity index (χ2v) is 8.46. The number of carbonyl (C=O) groups is 1. The van der Waals surface area contributed by atoms with Gasteiger partial charge in [-0.3, -0.25) is 10.1 Å². The molecule has 1 atom stereocenters. The number of methoxy groups -OCH3 is 1. The number of nitrogens with one attached hydrogen (secondary N) is 1. The standard InChI is InChI=1S/C23H20N2O3S2/c1-27-18-11-9-16(10-12-18)15-28-21(17-6-3-2-4-7-17)20-14-24-23(30-20)25-22(26)19-8-5-13-29-19/h2-14,21H,15H2,1H3,(H,24,25,26). The van der Waals surface area contributed by atoms with Gasteiger partial charge < -0.3 is 9.47 Å². The molecule has 0 aliphatic rings. The van der Waals surface area contributed by atoms with Crippen LogP contribution in [0.3, 0.4) is 0 Å². The van der Waals surface area contributed by atoms with Crippen LogP contribution in [0.5, 0.6) is 5.75 Å². The molecule has 30 heavy (non-hydrogen) atoms. The molecule has 0 saturated heterocycles. The zero-order chi connectivity index (χ0) is 20.8. The van der Waals surface area contributed by atoms with Crippen LogP contribution in [-0.4, -0.2) is 18.0 Å². The van der Waals surface area contributed by atoms with Gasteiger partial charge in [0.2, 0.25) is 0 Å². The van der Waals surface area contributed by atoms with Crippen LogP contribution in [-0.2, 0) is 11.3 Å². The molecule has 0 radical (unpaired) electrons. The number of rotatable bonds is 8. The minimum absolute atomic E-state index is 0.152. The topological polar surface area (TPSA) is 60.5 Å². The van der Waals surface area contributed by atoms with E-state index in [2.05, 4.69) is 10.3 Å². The van der Waals surface area contributed by atoms with Crippen LogP contribution in [0, 0.1) is 0 Å². The molecule has 1 N–H and O–H groups in total. The quantitative estimate of drug-likeness (QED) is 0.381. The fourth-order valence-electron chi connectivity index (χ4n) is 2.90.